The molecule has 0 aliphatic carbocycles. The number of ether oxygens (including phenoxy) is 3. The smallest absolute Gasteiger partial charge is 0.257 e. The van der Waals surface area contributed by atoms with Crippen LogP contribution >= 0.6 is 0 Å². The van der Waals surface area contributed by atoms with Gasteiger partial charge in [0, 0.05) is 63.4 Å². The summed E-state index contributed by atoms with van der Waals surface area (Å²) in [6.45, 7) is 2.55. The van der Waals surface area contributed by atoms with Crippen molar-refractivity contribution in [1.29, 1.82) is 0 Å². The summed E-state index contributed by atoms with van der Waals surface area (Å²) < 4.78 is 44.4. The first-order chi connectivity index (χ1) is 15.4. The highest BCUT2D eigenvalue weighted by atomic mass is 19.3. The maximum atomic E-state index is 13.7. The first-order valence-corrected chi connectivity index (χ1v) is 11.1. The summed E-state index contributed by atoms with van der Waals surface area (Å²) in [4.78, 5) is 21.6. The Morgan fingerprint density at radius 3 is 2.41 bits per heavy atom. The standard InChI is InChI=1S/C23H27F2N3O4/c1-30-16-2-3-19-17(14-16)20(27-10-6-23(7-11-27)31-12-13-32-23)18(15-26-19)21(29)28-8-4-22(24,25)5-9-28/h2-3,14-15H,4-13H2,1H3. The molecule has 0 bridgehead atoms. The number of halogens is 2. The van der Waals surface area contributed by atoms with E-state index in [2.05, 4.69) is 9.88 Å². The van der Waals surface area contributed by atoms with Crippen molar-refractivity contribution in [2.45, 2.75) is 37.4 Å². The van der Waals surface area contributed by atoms with Crippen molar-refractivity contribution in [3.63, 3.8) is 0 Å². The van der Waals surface area contributed by atoms with Gasteiger partial charge in [-0.2, -0.15) is 0 Å². The minimum atomic E-state index is -2.71. The molecule has 172 valence electrons. The zero-order valence-electron chi connectivity index (χ0n) is 18.1. The molecule has 1 aromatic carbocycles. The van der Waals surface area contributed by atoms with Gasteiger partial charge in [0.25, 0.3) is 11.8 Å². The second-order valence-electron chi connectivity index (χ2n) is 8.65. The lowest BCUT2D eigenvalue weighted by molar-refractivity contribution is -0.169. The third kappa shape index (κ3) is 3.88. The number of nitrogens with zero attached hydrogens (tertiary/aromatic N) is 3. The summed E-state index contributed by atoms with van der Waals surface area (Å²) in [5.74, 6) is -2.85. The number of rotatable bonds is 3. The predicted octanol–water partition coefficient (Wildman–Crippen LogP) is 3.46. The second kappa shape index (κ2) is 8.12. The topological polar surface area (TPSA) is 64.1 Å². The van der Waals surface area contributed by atoms with Crippen LogP contribution in [0.3, 0.4) is 0 Å². The first kappa shape index (κ1) is 21.3. The summed E-state index contributed by atoms with van der Waals surface area (Å²) in [7, 11) is 1.59. The summed E-state index contributed by atoms with van der Waals surface area (Å²) in [5.41, 5.74) is 1.94. The number of hydrogen-bond acceptors (Lipinski definition) is 6. The van der Waals surface area contributed by atoms with Crippen molar-refractivity contribution in [2.75, 3.05) is 51.4 Å². The maximum absolute atomic E-state index is 13.7. The van der Waals surface area contributed by atoms with E-state index >= 15 is 0 Å². The molecule has 3 aliphatic rings. The van der Waals surface area contributed by atoms with E-state index in [1.54, 1.807) is 13.3 Å². The Kier molecular flexibility index (Phi) is 5.41. The van der Waals surface area contributed by atoms with Gasteiger partial charge in [-0.15, -0.1) is 0 Å². The van der Waals surface area contributed by atoms with Crippen LogP contribution in [0.4, 0.5) is 14.5 Å². The van der Waals surface area contributed by atoms with Gasteiger partial charge in [-0.3, -0.25) is 9.78 Å². The van der Waals surface area contributed by atoms with Gasteiger partial charge in [-0.05, 0) is 18.2 Å². The number of amides is 1. The molecule has 0 N–H and O–H groups in total. The van der Waals surface area contributed by atoms with E-state index in [4.69, 9.17) is 14.2 Å². The number of carbonyl (C=O) groups excluding carboxylic acids is 1. The van der Waals surface area contributed by atoms with Gasteiger partial charge < -0.3 is 24.0 Å². The molecule has 2 aromatic rings. The average molecular weight is 447 g/mol. The average Bonchev–Trinajstić information content (AvgIpc) is 3.26. The highest BCUT2D eigenvalue weighted by Crippen LogP contribution is 2.39. The van der Waals surface area contributed by atoms with E-state index in [0.717, 1.165) is 16.6 Å². The molecule has 0 radical (unpaired) electrons. The van der Waals surface area contributed by atoms with Crippen molar-refractivity contribution in [1.82, 2.24) is 9.88 Å². The number of benzene rings is 1. The van der Waals surface area contributed by atoms with Crippen LogP contribution in [0.15, 0.2) is 24.4 Å². The molecule has 3 fully saturated rings. The van der Waals surface area contributed by atoms with Crippen LogP contribution in [-0.4, -0.2) is 74.0 Å². The van der Waals surface area contributed by atoms with E-state index in [-0.39, 0.29) is 31.8 Å². The number of fused-ring (bicyclic) bond motifs is 1. The molecular formula is C23H27F2N3O4. The largest absolute Gasteiger partial charge is 0.497 e. The number of carbonyl (C=O) groups is 1. The monoisotopic (exact) mass is 447 g/mol. The quantitative estimate of drug-likeness (QED) is 0.718. The highest BCUT2D eigenvalue weighted by molar-refractivity contribution is 6.07. The number of pyridine rings is 1. The second-order valence-corrected chi connectivity index (χ2v) is 8.65. The summed E-state index contributed by atoms with van der Waals surface area (Å²) >= 11 is 0. The molecule has 5 rings (SSSR count). The number of anilines is 1. The van der Waals surface area contributed by atoms with Crippen molar-refractivity contribution < 1.29 is 27.8 Å². The molecular weight excluding hydrogens is 420 g/mol. The van der Waals surface area contributed by atoms with Gasteiger partial charge in [0.05, 0.1) is 37.1 Å². The molecule has 0 atom stereocenters. The van der Waals surface area contributed by atoms with Gasteiger partial charge in [0.1, 0.15) is 5.75 Å². The van der Waals surface area contributed by atoms with Gasteiger partial charge in [0.2, 0.25) is 0 Å². The lowest BCUT2D eigenvalue weighted by Crippen LogP contribution is -2.46. The van der Waals surface area contributed by atoms with Gasteiger partial charge >= 0.3 is 0 Å². The van der Waals surface area contributed by atoms with E-state index in [1.165, 1.54) is 4.90 Å². The summed E-state index contributed by atoms with van der Waals surface area (Å²) in [6, 6.07) is 5.58. The zero-order chi connectivity index (χ0) is 22.3. The minimum Gasteiger partial charge on any atom is -0.497 e. The number of likely N-dealkylation sites (tertiary alicyclic amines) is 1. The van der Waals surface area contributed by atoms with E-state index in [1.807, 2.05) is 18.2 Å². The number of hydrogen-bond donors (Lipinski definition) is 0. The predicted molar refractivity (Wildman–Crippen MR) is 114 cm³/mol. The molecule has 3 saturated heterocycles. The van der Waals surface area contributed by atoms with E-state index in [9.17, 15) is 13.6 Å². The fourth-order valence-corrected chi connectivity index (χ4v) is 4.85. The lowest BCUT2D eigenvalue weighted by atomic mass is 9.99. The normalized spacial score (nSPS) is 22.5. The number of aromatic nitrogens is 1. The molecule has 7 nitrogen and oxygen atoms in total. The van der Waals surface area contributed by atoms with Crippen LogP contribution in [0.5, 0.6) is 5.75 Å². The van der Waals surface area contributed by atoms with Crippen LogP contribution < -0.4 is 9.64 Å². The van der Waals surface area contributed by atoms with Gasteiger partial charge in [0.15, 0.2) is 5.79 Å². The number of alkyl halides is 2. The van der Waals surface area contributed by atoms with Crippen LogP contribution in [0, 0.1) is 0 Å². The number of methoxy groups -OCH3 is 1. The molecule has 0 unspecified atom stereocenters. The fourth-order valence-electron chi connectivity index (χ4n) is 4.85. The molecule has 1 aromatic heterocycles. The first-order valence-electron chi connectivity index (χ1n) is 11.1. The Hall–Kier alpha value is -2.52. The van der Waals surface area contributed by atoms with Crippen molar-refractivity contribution in [3.05, 3.63) is 30.0 Å². The molecule has 3 aliphatic heterocycles. The molecule has 1 spiro atoms. The van der Waals surface area contributed by atoms with Crippen molar-refractivity contribution >= 4 is 22.5 Å². The Morgan fingerprint density at radius 1 is 1.06 bits per heavy atom. The van der Waals surface area contributed by atoms with Crippen LogP contribution in [0.1, 0.15) is 36.0 Å². The third-order valence-electron chi connectivity index (χ3n) is 6.71. The molecule has 32 heavy (non-hydrogen) atoms. The summed E-state index contributed by atoms with van der Waals surface area (Å²) in [6.07, 6.45) is 2.31. The highest BCUT2D eigenvalue weighted by Gasteiger charge is 2.41. The summed E-state index contributed by atoms with van der Waals surface area (Å²) in [5, 5.41) is 0.807. The maximum Gasteiger partial charge on any atom is 0.257 e. The Bertz CT molecular complexity index is 1010. The fraction of sp³-hybridized carbons (Fsp3) is 0.565. The van der Waals surface area contributed by atoms with Crippen molar-refractivity contribution in [3.8, 4) is 5.75 Å². The van der Waals surface area contributed by atoms with Crippen molar-refractivity contribution in [2.24, 2.45) is 0 Å². The van der Waals surface area contributed by atoms with Gasteiger partial charge in [-0.25, -0.2) is 8.78 Å². The third-order valence-corrected chi connectivity index (χ3v) is 6.71. The van der Waals surface area contributed by atoms with Crippen LogP contribution in [0.2, 0.25) is 0 Å². The Balaban J connectivity index is 1.52. The van der Waals surface area contributed by atoms with Crippen LogP contribution in [0.25, 0.3) is 10.9 Å². The van der Waals surface area contributed by atoms with E-state index in [0.29, 0.717) is 50.5 Å². The SMILES string of the molecule is COc1ccc2ncc(C(=O)N3CCC(F)(F)CC3)c(N3CCC4(CC3)OCCO4)c2c1. The van der Waals surface area contributed by atoms with Gasteiger partial charge in [-0.1, -0.05) is 0 Å². The minimum absolute atomic E-state index is 0.0339. The Labute approximate surface area is 185 Å². The zero-order valence-corrected chi connectivity index (χ0v) is 18.1. The van der Waals surface area contributed by atoms with Crippen LogP contribution in [-0.2, 0) is 9.47 Å². The Morgan fingerprint density at radius 2 is 1.75 bits per heavy atom. The number of piperidine rings is 2. The lowest BCUT2D eigenvalue weighted by Gasteiger charge is -2.40. The molecule has 9 heteroatoms. The molecule has 0 saturated carbocycles. The molecule has 4 heterocycles. The van der Waals surface area contributed by atoms with E-state index < -0.39 is 11.7 Å². The molecule has 1 amide bonds.